The van der Waals surface area contributed by atoms with E-state index in [1.165, 1.54) is 0 Å². The van der Waals surface area contributed by atoms with Gasteiger partial charge in [0.25, 0.3) is 5.91 Å². The third-order valence-corrected chi connectivity index (χ3v) is 4.21. The second-order valence-corrected chi connectivity index (χ2v) is 6.09. The van der Waals surface area contributed by atoms with Crippen LogP contribution >= 0.6 is 34.8 Å². The lowest BCUT2D eigenvalue weighted by atomic mass is 10.2. The summed E-state index contributed by atoms with van der Waals surface area (Å²) in [6.45, 7) is 1.13. The lowest BCUT2D eigenvalue weighted by molar-refractivity contribution is 0.0952. The molecule has 122 valence electrons. The molecule has 1 N–H and O–H groups in total. The summed E-state index contributed by atoms with van der Waals surface area (Å²) in [7, 11) is 0. The molecular weight excluding hydrogens is 357 g/mol. The van der Waals surface area contributed by atoms with E-state index in [4.69, 9.17) is 39.5 Å². The minimum atomic E-state index is -0.226. The Morgan fingerprint density at radius 1 is 1.00 bits per heavy atom. The van der Waals surface area contributed by atoms with Crippen molar-refractivity contribution in [1.29, 1.82) is 0 Å². The van der Waals surface area contributed by atoms with Crippen LogP contribution in [0.4, 0.5) is 0 Å². The van der Waals surface area contributed by atoms with E-state index in [0.717, 1.165) is 18.6 Å². The van der Waals surface area contributed by atoms with Crippen LogP contribution in [0.1, 0.15) is 23.2 Å². The van der Waals surface area contributed by atoms with Gasteiger partial charge in [-0.2, -0.15) is 0 Å². The van der Waals surface area contributed by atoms with Gasteiger partial charge in [0.2, 0.25) is 0 Å². The summed E-state index contributed by atoms with van der Waals surface area (Å²) in [5.74, 6) is 0.556. The van der Waals surface area contributed by atoms with Crippen LogP contribution < -0.4 is 10.1 Å². The molecular formula is C17H16Cl3NO2. The SMILES string of the molecule is O=C(NCCCCOc1ccc(Cl)cc1)c1cccc(Cl)c1Cl. The quantitative estimate of drug-likeness (QED) is 0.675. The molecule has 0 radical (unpaired) electrons. The summed E-state index contributed by atoms with van der Waals surface area (Å²) < 4.78 is 5.58. The Bertz CT molecular complexity index is 659. The molecule has 0 unspecified atom stereocenters. The molecule has 0 aliphatic heterocycles. The molecule has 2 aromatic carbocycles. The summed E-state index contributed by atoms with van der Waals surface area (Å²) in [4.78, 5) is 12.0. The highest BCUT2D eigenvalue weighted by Gasteiger charge is 2.11. The molecule has 6 heteroatoms. The Morgan fingerprint density at radius 2 is 1.74 bits per heavy atom. The largest absolute Gasteiger partial charge is 0.494 e. The van der Waals surface area contributed by atoms with Gasteiger partial charge < -0.3 is 10.1 Å². The molecule has 1 amide bonds. The smallest absolute Gasteiger partial charge is 0.252 e. The molecule has 0 aliphatic carbocycles. The first kappa shape index (κ1) is 17.9. The van der Waals surface area contributed by atoms with Gasteiger partial charge in [-0.3, -0.25) is 4.79 Å². The molecule has 0 saturated carbocycles. The molecule has 0 spiro atoms. The third kappa shape index (κ3) is 5.61. The Labute approximate surface area is 150 Å². The average Bonchev–Trinajstić information content (AvgIpc) is 2.55. The molecule has 3 nitrogen and oxygen atoms in total. The highest BCUT2D eigenvalue weighted by Crippen LogP contribution is 2.25. The van der Waals surface area contributed by atoms with Gasteiger partial charge >= 0.3 is 0 Å². The number of rotatable bonds is 7. The van der Waals surface area contributed by atoms with Gasteiger partial charge in [-0.05, 0) is 49.2 Å². The Kier molecular flexibility index (Phi) is 7.03. The molecule has 0 bridgehead atoms. The van der Waals surface area contributed by atoms with Crippen molar-refractivity contribution in [3.8, 4) is 5.75 Å². The minimum Gasteiger partial charge on any atom is -0.494 e. The van der Waals surface area contributed by atoms with E-state index in [9.17, 15) is 4.79 Å². The van der Waals surface area contributed by atoms with Gasteiger partial charge in [-0.1, -0.05) is 40.9 Å². The van der Waals surface area contributed by atoms with E-state index in [1.54, 1.807) is 30.3 Å². The maximum Gasteiger partial charge on any atom is 0.252 e. The molecule has 0 heterocycles. The molecule has 23 heavy (non-hydrogen) atoms. The van der Waals surface area contributed by atoms with Crippen LogP contribution in [-0.2, 0) is 0 Å². The van der Waals surface area contributed by atoms with Crippen molar-refractivity contribution in [2.24, 2.45) is 0 Å². The Balaban J connectivity index is 1.66. The fourth-order valence-electron chi connectivity index (χ4n) is 1.92. The first-order valence-electron chi connectivity index (χ1n) is 7.18. The first-order valence-corrected chi connectivity index (χ1v) is 8.32. The average molecular weight is 373 g/mol. The van der Waals surface area contributed by atoms with Crippen molar-refractivity contribution in [2.45, 2.75) is 12.8 Å². The van der Waals surface area contributed by atoms with Crippen LogP contribution in [0.3, 0.4) is 0 Å². The van der Waals surface area contributed by atoms with Crippen molar-refractivity contribution in [3.63, 3.8) is 0 Å². The number of benzene rings is 2. The van der Waals surface area contributed by atoms with Crippen molar-refractivity contribution in [2.75, 3.05) is 13.2 Å². The zero-order chi connectivity index (χ0) is 16.7. The number of ether oxygens (including phenoxy) is 1. The van der Waals surface area contributed by atoms with E-state index in [0.29, 0.717) is 28.8 Å². The summed E-state index contributed by atoms with van der Waals surface area (Å²) in [6.07, 6.45) is 1.63. The Hall–Kier alpha value is -1.42. The summed E-state index contributed by atoms with van der Waals surface area (Å²) >= 11 is 17.7. The first-order chi connectivity index (χ1) is 11.1. The number of amides is 1. The van der Waals surface area contributed by atoms with Gasteiger partial charge in [0.15, 0.2) is 0 Å². The Morgan fingerprint density at radius 3 is 2.48 bits per heavy atom. The van der Waals surface area contributed by atoms with E-state index >= 15 is 0 Å². The van der Waals surface area contributed by atoms with Crippen LogP contribution in [0, 0.1) is 0 Å². The van der Waals surface area contributed by atoms with Crippen LogP contribution in [-0.4, -0.2) is 19.1 Å². The standard InChI is InChI=1S/C17H16Cl3NO2/c18-12-6-8-13(9-7-12)23-11-2-1-10-21-17(22)14-4-3-5-15(19)16(14)20/h3-9H,1-2,10-11H2,(H,21,22). The van der Waals surface area contributed by atoms with Crippen molar-refractivity contribution < 1.29 is 9.53 Å². The third-order valence-electron chi connectivity index (χ3n) is 3.14. The van der Waals surface area contributed by atoms with E-state index in [1.807, 2.05) is 12.1 Å². The topological polar surface area (TPSA) is 38.3 Å². The van der Waals surface area contributed by atoms with Crippen LogP contribution in [0.5, 0.6) is 5.75 Å². The molecule has 0 aromatic heterocycles. The number of hydrogen-bond acceptors (Lipinski definition) is 2. The van der Waals surface area contributed by atoms with Gasteiger partial charge in [0.05, 0.1) is 22.2 Å². The van der Waals surface area contributed by atoms with Crippen LogP contribution in [0.25, 0.3) is 0 Å². The normalized spacial score (nSPS) is 10.4. The zero-order valence-corrected chi connectivity index (χ0v) is 14.6. The molecule has 0 atom stereocenters. The van der Waals surface area contributed by atoms with E-state index in [2.05, 4.69) is 5.32 Å². The monoisotopic (exact) mass is 371 g/mol. The molecule has 2 rings (SSSR count). The highest BCUT2D eigenvalue weighted by molar-refractivity contribution is 6.43. The lowest BCUT2D eigenvalue weighted by Gasteiger charge is -2.08. The maximum atomic E-state index is 12.0. The molecule has 2 aromatic rings. The van der Waals surface area contributed by atoms with Gasteiger partial charge in [0.1, 0.15) is 5.75 Å². The number of halogens is 3. The van der Waals surface area contributed by atoms with Gasteiger partial charge in [-0.15, -0.1) is 0 Å². The van der Waals surface area contributed by atoms with Gasteiger partial charge in [-0.25, -0.2) is 0 Å². The fraction of sp³-hybridized carbons (Fsp3) is 0.235. The van der Waals surface area contributed by atoms with E-state index < -0.39 is 0 Å². The zero-order valence-electron chi connectivity index (χ0n) is 12.3. The van der Waals surface area contributed by atoms with Crippen molar-refractivity contribution in [3.05, 3.63) is 63.1 Å². The minimum absolute atomic E-state index is 0.226. The predicted molar refractivity (Wildman–Crippen MR) is 95.0 cm³/mol. The predicted octanol–water partition coefficient (Wildman–Crippen LogP) is 5.24. The second kappa shape index (κ2) is 9.02. The van der Waals surface area contributed by atoms with Crippen LogP contribution in [0.15, 0.2) is 42.5 Å². The molecule has 0 saturated heterocycles. The van der Waals surface area contributed by atoms with E-state index in [-0.39, 0.29) is 10.9 Å². The number of carbonyl (C=O) groups is 1. The second-order valence-electron chi connectivity index (χ2n) is 4.87. The highest BCUT2D eigenvalue weighted by atomic mass is 35.5. The van der Waals surface area contributed by atoms with Gasteiger partial charge in [0, 0.05) is 11.6 Å². The number of unbranched alkanes of at least 4 members (excludes halogenated alkanes) is 1. The number of carbonyl (C=O) groups excluding carboxylic acids is 1. The molecule has 0 fully saturated rings. The molecule has 0 aliphatic rings. The van der Waals surface area contributed by atoms with Crippen LogP contribution in [0.2, 0.25) is 15.1 Å². The number of nitrogens with one attached hydrogen (secondary N) is 1. The summed E-state index contributed by atoms with van der Waals surface area (Å²) in [5.41, 5.74) is 0.386. The fourth-order valence-corrected chi connectivity index (χ4v) is 2.44. The van der Waals surface area contributed by atoms with Crippen molar-refractivity contribution >= 4 is 40.7 Å². The maximum absolute atomic E-state index is 12.0. The van der Waals surface area contributed by atoms with Crippen molar-refractivity contribution in [1.82, 2.24) is 5.32 Å². The summed E-state index contributed by atoms with van der Waals surface area (Å²) in [5, 5.41) is 4.15. The summed E-state index contributed by atoms with van der Waals surface area (Å²) in [6, 6.07) is 12.2. The number of hydrogen-bond donors (Lipinski definition) is 1. The lowest BCUT2D eigenvalue weighted by Crippen LogP contribution is -2.25.